The molecule has 1 N–H and O–H groups in total. The van der Waals surface area contributed by atoms with Crippen LogP contribution in [0.2, 0.25) is 0 Å². The molecule has 3 rings (SSSR count). The van der Waals surface area contributed by atoms with Crippen molar-refractivity contribution in [3.05, 3.63) is 35.5 Å². The van der Waals surface area contributed by atoms with Gasteiger partial charge in [-0.05, 0) is 37.9 Å². The lowest BCUT2D eigenvalue weighted by atomic mass is 10.1. The summed E-state index contributed by atoms with van der Waals surface area (Å²) in [4.78, 5) is 5.33. The molecule has 0 saturated heterocycles. The third-order valence-corrected chi connectivity index (χ3v) is 3.71. The molecule has 1 aliphatic carbocycles. The molecule has 1 fully saturated rings. The SMILES string of the molecule is CN(CCc1c[nH]c2cc(F)c(F)cc12)C1CC1. The Morgan fingerprint density at radius 1 is 1.28 bits per heavy atom. The van der Waals surface area contributed by atoms with Gasteiger partial charge in [-0.2, -0.15) is 0 Å². The van der Waals surface area contributed by atoms with Crippen molar-refractivity contribution >= 4 is 10.9 Å². The summed E-state index contributed by atoms with van der Waals surface area (Å²) < 4.78 is 26.3. The zero-order valence-corrected chi connectivity index (χ0v) is 10.3. The van der Waals surface area contributed by atoms with Crippen LogP contribution in [0.1, 0.15) is 18.4 Å². The van der Waals surface area contributed by atoms with E-state index in [9.17, 15) is 8.78 Å². The number of rotatable bonds is 4. The average molecular weight is 250 g/mol. The van der Waals surface area contributed by atoms with Crippen LogP contribution >= 0.6 is 0 Å². The topological polar surface area (TPSA) is 19.0 Å². The van der Waals surface area contributed by atoms with Crippen molar-refractivity contribution in [3.8, 4) is 0 Å². The van der Waals surface area contributed by atoms with Crippen LogP contribution in [0.15, 0.2) is 18.3 Å². The number of nitrogens with zero attached hydrogens (tertiary/aromatic N) is 1. The number of hydrogen-bond acceptors (Lipinski definition) is 1. The van der Waals surface area contributed by atoms with Gasteiger partial charge in [0.25, 0.3) is 0 Å². The summed E-state index contributed by atoms with van der Waals surface area (Å²) in [6.07, 6.45) is 5.27. The van der Waals surface area contributed by atoms with E-state index in [0.717, 1.165) is 30.0 Å². The minimum atomic E-state index is -0.800. The van der Waals surface area contributed by atoms with E-state index in [-0.39, 0.29) is 0 Å². The van der Waals surface area contributed by atoms with Crippen molar-refractivity contribution in [2.45, 2.75) is 25.3 Å². The van der Waals surface area contributed by atoms with Crippen LogP contribution in [0.4, 0.5) is 8.78 Å². The van der Waals surface area contributed by atoms with Crippen LogP contribution < -0.4 is 0 Å². The fraction of sp³-hybridized carbons (Fsp3) is 0.429. The molecule has 1 saturated carbocycles. The van der Waals surface area contributed by atoms with Gasteiger partial charge in [-0.3, -0.25) is 0 Å². The number of fused-ring (bicyclic) bond motifs is 1. The van der Waals surface area contributed by atoms with Crippen molar-refractivity contribution < 1.29 is 8.78 Å². The Kier molecular flexibility index (Phi) is 2.82. The largest absolute Gasteiger partial charge is 0.361 e. The molecule has 1 aromatic heterocycles. The van der Waals surface area contributed by atoms with Crippen LogP contribution in [-0.2, 0) is 6.42 Å². The Bertz CT molecular complexity index is 572. The van der Waals surface area contributed by atoms with Crippen LogP contribution in [0.5, 0.6) is 0 Å². The van der Waals surface area contributed by atoms with E-state index >= 15 is 0 Å². The highest BCUT2D eigenvalue weighted by molar-refractivity contribution is 5.83. The Hall–Kier alpha value is -1.42. The van der Waals surface area contributed by atoms with Crippen LogP contribution in [0.25, 0.3) is 10.9 Å². The molecule has 0 unspecified atom stereocenters. The molecule has 0 bridgehead atoms. The number of nitrogens with one attached hydrogen (secondary N) is 1. The predicted molar refractivity (Wildman–Crippen MR) is 67.6 cm³/mol. The van der Waals surface area contributed by atoms with Crippen molar-refractivity contribution in [2.24, 2.45) is 0 Å². The normalized spacial score (nSPS) is 15.8. The molecule has 18 heavy (non-hydrogen) atoms. The van der Waals surface area contributed by atoms with E-state index in [1.165, 1.54) is 25.0 Å². The summed E-state index contributed by atoms with van der Waals surface area (Å²) in [5, 5.41) is 0.790. The van der Waals surface area contributed by atoms with Gasteiger partial charge in [-0.1, -0.05) is 0 Å². The fourth-order valence-electron chi connectivity index (χ4n) is 2.38. The number of benzene rings is 1. The minimum Gasteiger partial charge on any atom is -0.361 e. The maximum absolute atomic E-state index is 13.2. The first-order valence-corrected chi connectivity index (χ1v) is 6.30. The number of H-pyrrole nitrogens is 1. The summed E-state index contributed by atoms with van der Waals surface area (Å²) in [5.74, 6) is -1.58. The highest BCUT2D eigenvalue weighted by atomic mass is 19.2. The van der Waals surface area contributed by atoms with Crippen molar-refractivity contribution in [1.29, 1.82) is 0 Å². The summed E-state index contributed by atoms with van der Waals surface area (Å²) in [7, 11) is 2.12. The van der Waals surface area contributed by atoms with E-state index in [0.29, 0.717) is 5.52 Å². The molecule has 0 spiro atoms. The number of aromatic amines is 1. The minimum absolute atomic E-state index is 0.665. The molecule has 0 amide bonds. The Labute approximate surface area is 105 Å². The number of halogens is 2. The second kappa shape index (κ2) is 4.35. The first-order valence-electron chi connectivity index (χ1n) is 6.30. The summed E-state index contributed by atoms with van der Waals surface area (Å²) in [6, 6.07) is 3.23. The lowest BCUT2D eigenvalue weighted by molar-refractivity contribution is 0.329. The van der Waals surface area contributed by atoms with Gasteiger partial charge in [-0.25, -0.2) is 8.78 Å². The fourth-order valence-corrected chi connectivity index (χ4v) is 2.38. The maximum Gasteiger partial charge on any atom is 0.160 e. The van der Waals surface area contributed by atoms with Gasteiger partial charge in [0.05, 0.1) is 0 Å². The van der Waals surface area contributed by atoms with Gasteiger partial charge in [0.2, 0.25) is 0 Å². The van der Waals surface area contributed by atoms with E-state index in [1.807, 2.05) is 6.20 Å². The molecular weight excluding hydrogens is 234 g/mol. The second-order valence-corrected chi connectivity index (χ2v) is 5.09. The smallest absolute Gasteiger partial charge is 0.160 e. The van der Waals surface area contributed by atoms with E-state index < -0.39 is 11.6 Å². The quantitative estimate of drug-likeness (QED) is 0.883. The van der Waals surface area contributed by atoms with E-state index in [4.69, 9.17) is 0 Å². The first kappa shape index (κ1) is 11.7. The highest BCUT2D eigenvalue weighted by Gasteiger charge is 2.25. The van der Waals surface area contributed by atoms with Gasteiger partial charge in [-0.15, -0.1) is 0 Å². The third-order valence-electron chi connectivity index (χ3n) is 3.71. The number of likely N-dealkylation sites (N-methyl/N-ethyl adjacent to an activating group) is 1. The average Bonchev–Trinajstić information content (AvgIpc) is 3.12. The molecule has 0 radical (unpaired) electrons. The molecule has 4 heteroatoms. The molecular formula is C14H16F2N2. The first-order chi connectivity index (χ1) is 8.65. The monoisotopic (exact) mass is 250 g/mol. The molecule has 1 aromatic carbocycles. The molecule has 2 aromatic rings. The highest BCUT2D eigenvalue weighted by Crippen LogP contribution is 2.26. The lowest BCUT2D eigenvalue weighted by Gasteiger charge is -2.14. The van der Waals surface area contributed by atoms with Gasteiger partial charge in [0, 0.05) is 35.8 Å². The van der Waals surface area contributed by atoms with Crippen molar-refractivity contribution in [3.63, 3.8) is 0 Å². The zero-order valence-electron chi connectivity index (χ0n) is 10.3. The Balaban J connectivity index is 1.81. The molecule has 0 atom stereocenters. The number of hydrogen-bond donors (Lipinski definition) is 1. The standard InChI is InChI=1S/C14H16F2N2/c1-18(10-2-3-10)5-4-9-8-17-14-7-13(16)12(15)6-11(9)14/h6-8,10,17H,2-5H2,1H3. The van der Waals surface area contributed by atoms with Crippen LogP contribution in [0.3, 0.4) is 0 Å². The van der Waals surface area contributed by atoms with Gasteiger partial charge in [0.1, 0.15) is 0 Å². The van der Waals surface area contributed by atoms with Crippen molar-refractivity contribution in [1.82, 2.24) is 9.88 Å². The van der Waals surface area contributed by atoms with E-state index in [1.54, 1.807) is 0 Å². The van der Waals surface area contributed by atoms with Gasteiger partial charge >= 0.3 is 0 Å². The molecule has 1 heterocycles. The Morgan fingerprint density at radius 2 is 2.00 bits per heavy atom. The molecule has 2 nitrogen and oxygen atoms in total. The van der Waals surface area contributed by atoms with Gasteiger partial charge < -0.3 is 9.88 Å². The zero-order chi connectivity index (χ0) is 12.7. The summed E-state index contributed by atoms with van der Waals surface area (Å²) in [5.41, 5.74) is 1.72. The number of aromatic nitrogens is 1. The molecule has 1 aliphatic rings. The van der Waals surface area contributed by atoms with Crippen LogP contribution in [0, 0.1) is 11.6 Å². The maximum atomic E-state index is 13.2. The Morgan fingerprint density at radius 3 is 2.72 bits per heavy atom. The molecule has 0 aliphatic heterocycles. The summed E-state index contributed by atoms with van der Waals surface area (Å²) >= 11 is 0. The lowest BCUT2D eigenvalue weighted by Crippen LogP contribution is -2.23. The van der Waals surface area contributed by atoms with E-state index in [2.05, 4.69) is 16.9 Å². The summed E-state index contributed by atoms with van der Waals surface area (Å²) in [6.45, 7) is 0.955. The van der Waals surface area contributed by atoms with Crippen LogP contribution in [-0.4, -0.2) is 29.5 Å². The predicted octanol–water partition coefficient (Wildman–Crippen LogP) is 3.08. The second-order valence-electron chi connectivity index (χ2n) is 5.09. The molecule has 96 valence electrons. The van der Waals surface area contributed by atoms with Crippen molar-refractivity contribution in [2.75, 3.05) is 13.6 Å². The third kappa shape index (κ3) is 2.12. The van der Waals surface area contributed by atoms with Gasteiger partial charge in [0.15, 0.2) is 11.6 Å².